The van der Waals surface area contributed by atoms with Gasteiger partial charge >= 0.3 is 12.1 Å². The molecular formula is C15H20NO4. The molecule has 0 saturated heterocycles. The van der Waals surface area contributed by atoms with E-state index in [0.29, 0.717) is 12.3 Å². The van der Waals surface area contributed by atoms with Crippen LogP contribution in [-0.4, -0.2) is 31.3 Å². The third kappa shape index (κ3) is 4.57. The Morgan fingerprint density at radius 2 is 1.75 bits per heavy atom. The molecule has 1 rings (SSSR count). The van der Waals surface area contributed by atoms with E-state index in [1.54, 1.807) is 38.1 Å². The van der Waals surface area contributed by atoms with Crippen LogP contribution in [0, 0.1) is 6.92 Å². The number of rotatable bonds is 6. The molecule has 0 aliphatic rings. The summed E-state index contributed by atoms with van der Waals surface area (Å²) in [5.74, 6) is -0.391. The van der Waals surface area contributed by atoms with E-state index in [2.05, 4.69) is 6.92 Å². The van der Waals surface area contributed by atoms with Crippen molar-refractivity contribution in [2.45, 2.75) is 26.3 Å². The first kappa shape index (κ1) is 16.0. The average Bonchev–Trinajstić information content (AvgIpc) is 2.40. The molecule has 1 radical (unpaired) electrons. The SMILES string of the molecule is [CH2]C(CC(=O)OCC)N(C(=O)OCC)c1ccccc1. The fourth-order valence-corrected chi connectivity index (χ4v) is 1.75. The molecule has 0 N–H and O–H groups in total. The zero-order chi connectivity index (χ0) is 15.0. The van der Waals surface area contributed by atoms with E-state index in [1.807, 2.05) is 6.07 Å². The van der Waals surface area contributed by atoms with Crippen LogP contribution in [0.1, 0.15) is 20.3 Å². The largest absolute Gasteiger partial charge is 0.466 e. The first-order valence-corrected chi connectivity index (χ1v) is 6.59. The van der Waals surface area contributed by atoms with Gasteiger partial charge in [0.25, 0.3) is 0 Å². The minimum absolute atomic E-state index is 0.0154. The molecule has 20 heavy (non-hydrogen) atoms. The van der Waals surface area contributed by atoms with Crippen molar-refractivity contribution in [3.8, 4) is 0 Å². The van der Waals surface area contributed by atoms with E-state index in [9.17, 15) is 9.59 Å². The zero-order valence-corrected chi connectivity index (χ0v) is 11.9. The molecule has 1 amide bonds. The lowest BCUT2D eigenvalue weighted by Gasteiger charge is -2.27. The normalized spacial score (nSPS) is 11.6. The minimum atomic E-state index is -0.588. The van der Waals surface area contributed by atoms with E-state index < -0.39 is 18.1 Å². The van der Waals surface area contributed by atoms with Gasteiger partial charge in [0.05, 0.1) is 25.7 Å². The highest BCUT2D eigenvalue weighted by atomic mass is 16.6. The molecule has 0 bridgehead atoms. The third-order valence-corrected chi connectivity index (χ3v) is 2.57. The molecule has 1 aromatic rings. The number of carbonyl (C=O) groups excluding carboxylic acids is 2. The molecule has 0 fully saturated rings. The van der Waals surface area contributed by atoms with Crippen LogP contribution in [0.2, 0.25) is 0 Å². The van der Waals surface area contributed by atoms with Crippen LogP contribution in [0.5, 0.6) is 0 Å². The molecule has 0 heterocycles. The number of anilines is 1. The van der Waals surface area contributed by atoms with E-state index in [4.69, 9.17) is 9.47 Å². The van der Waals surface area contributed by atoms with Crippen molar-refractivity contribution in [1.29, 1.82) is 0 Å². The second-order valence-corrected chi connectivity index (χ2v) is 4.07. The molecule has 0 aromatic heterocycles. The fraction of sp³-hybridized carbons (Fsp3) is 0.400. The highest BCUT2D eigenvalue weighted by Crippen LogP contribution is 2.19. The molecule has 0 saturated carbocycles. The van der Waals surface area contributed by atoms with Crippen molar-refractivity contribution in [3.63, 3.8) is 0 Å². The molecule has 0 aliphatic carbocycles. The summed E-state index contributed by atoms with van der Waals surface area (Å²) in [4.78, 5) is 24.9. The van der Waals surface area contributed by atoms with Gasteiger partial charge in [-0.2, -0.15) is 0 Å². The Bertz CT molecular complexity index is 433. The third-order valence-electron chi connectivity index (χ3n) is 2.57. The van der Waals surface area contributed by atoms with E-state index >= 15 is 0 Å². The number of ether oxygens (including phenoxy) is 2. The van der Waals surface area contributed by atoms with Crippen molar-refractivity contribution >= 4 is 17.7 Å². The number of carbonyl (C=O) groups is 2. The number of hydrogen-bond acceptors (Lipinski definition) is 4. The smallest absolute Gasteiger partial charge is 0.414 e. The summed E-state index contributed by atoms with van der Waals surface area (Å²) in [6, 6.07) is 8.39. The summed E-state index contributed by atoms with van der Waals surface area (Å²) in [5, 5.41) is 0. The molecule has 1 unspecified atom stereocenters. The first-order valence-electron chi connectivity index (χ1n) is 6.59. The van der Waals surface area contributed by atoms with Gasteiger partial charge in [-0.15, -0.1) is 0 Å². The molecule has 109 valence electrons. The number of para-hydroxylation sites is 1. The maximum absolute atomic E-state index is 12.0. The quantitative estimate of drug-likeness (QED) is 0.751. The number of amides is 1. The Balaban J connectivity index is 2.87. The molecule has 5 nitrogen and oxygen atoms in total. The van der Waals surface area contributed by atoms with Gasteiger partial charge in [-0.3, -0.25) is 9.69 Å². The van der Waals surface area contributed by atoms with E-state index in [0.717, 1.165) is 0 Å². The van der Waals surface area contributed by atoms with E-state index in [1.165, 1.54) is 4.90 Å². The summed E-state index contributed by atoms with van der Waals surface area (Å²) >= 11 is 0. The molecule has 0 aliphatic heterocycles. The van der Waals surface area contributed by atoms with Crippen LogP contribution >= 0.6 is 0 Å². The van der Waals surface area contributed by atoms with Crippen molar-refractivity contribution in [3.05, 3.63) is 37.3 Å². The van der Waals surface area contributed by atoms with Gasteiger partial charge < -0.3 is 9.47 Å². The maximum atomic E-state index is 12.0. The van der Waals surface area contributed by atoms with Crippen LogP contribution in [0.15, 0.2) is 30.3 Å². The van der Waals surface area contributed by atoms with Crippen molar-refractivity contribution in [2.24, 2.45) is 0 Å². The molecule has 1 atom stereocenters. The predicted molar refractivity (Wildman–Crippen MR) is 76.3 cm³/mol. The molecule has 0 spiro atoms. The van der Waals surface area contributed by atoms with Gasteiger partial charge in [-0.25, -0.2) is 4.79 Å². The van der Waals surface area contributed by atoms with Gasteiger partial charge in [0.1, 0.15) is 0 Å². The lowest BCUT2D eigenvalue weighted by molar-refractivity contribution is -0.143. The number of esters is 1. The van der Waals surface area contributed by atoms with Gasteiger partial charge in [0, 0.05) is 5.69 Å². The van der Waals surface area contributed by atoms with Crippen LogP contribution in [0.25, 0.3) is 0 Å². The van der Waals surface area contributed by atoms with Crippen LogP contribution in [0.4, 0.5) is 10.5 Å². The second kappa shape index (κ2) is 8.19. The predicted octanol–water partition coefficient (Wildman–Crippen LogP) is 2.81. The number of nitrogens with zero attached hydrogens (tertiary/aromatic N) is 1. The van der Waals surface area contributed by atoms with Gasteiger partial charge in [0.2, 0.25) is 0 Å². The molecule has 1 aromatic carbocycles. The lowest BCUT2D eigenvalue weighted by atomic mass is 10.2. The molecular weight excluding hydrogens is 258 g/mol. The van der Waals surface area contributed by atoms with Gasteiger partial charge in [-0.05, 0) is 32.9 Å². The minimum Gasteiger partial charge on any atom is -0.466 e. The van der Waals surface area contributed by atoms with Gasteiger partial charge in [-0.1, -0.05) is 18.2 Å². The fourth-order valence-electron chi connectivity index (χ4n) is 1.75. The van der Waals surface area contributed by atoms with Gasteiger partial charge in [0.15, 0.2) is 0 Å². The Hall–Kier alpha value is -2.04. The first-order chi connectivity index (χ1) is 9.60. The maximum Gasteiger partial charge on any atom is 0.414 e. The average molecular weight is 278 g/mol. The van der Waals surface area contributed by atoms with Crippen LogP contribution in [-0.2, 0) is 14.3 Å². The summed E-state index contributed by atoms with van der Waals surface area (Å²) in [6.07, 6.45) is -0.510. The van der Waals surface area contributed by atoms with Crippen molar-refractivity contribution < 1.29 is 19.1 Å². The second-order valence-electron chi connectivity index (χ2n) is 4.07. The zero-order valence-electron chi connectivity index (χ0n) is 11.9. The molecule has 5 heteroatoms. The van der Waals surface area contributed by atoms with Crippen LogP contribution < -0.4 is 4.90 Å². The number of hydrogen-bond donors (Lipinski definition) is 0. The Labute approximate surface area is 119 Å². The van der Waals surface area contributed by atoms with Crippen molar-refractivity contribution in [2.75, 3.05) is 18.1 Å². The van der Waals surface area contributed by atoms with Crippen molar-refractivity contribution in [1.82, 2.24) is 0 Å². The number of benzene rings is 1. The highest BCUT2D eigenvalue weighted by Gasteiger charge is 2.25. The lowest BCUT2D eigenvalue weighted by Crippen LogP contribution is -2.40. The Morgan fingerprint density at radius 1 is 1.15 bits per heavy atom. The summed E-state index contributed by atoms with van der Waals surface area (Å²) in [5.41, 5.74) is 0.634. The highest BCUT2D eigenvalue weighted by molar-refractivity contribution is 5.89. The van der Waals surface area contributed by atoms with Crippen LogP contribution in [0.3, 0.4) is 0 Å². The summed E-state index contributed by atoms with van der Waals surface area (Å²) < 4.78 is 9.90. The monoisotopic (exact) mass is 278 g/mol. The summed E-state index contributed by atoms with van der Waals surface area (Å²) in [7, 11) is 0. The topological polar surface area (TPSA) is 55.8 Å². The Morgan fingerprint density at radius 3 is 2.30 bits per heavy atom. The van der Waals surface area contributed by atoms with E-state index in [-0.39, 0.29) is 13.0 Å². The summed E-state index contributed by atoms with van der Waals surface area (Å²) in [6.45, 7) is 7.88. The standard InChI is InChI=1S/C15H20NO4/c1-4-19-14(17)11-12(3)16(15(18)20-5-2)13-9-7-6-8-10-13/h6-10,12H,3-5,11H2,1-2H3. The Kier molecular flexibility index (Phi) is 6.56.